The number of amidine groups is 1. The molecule has 138 valence electrons. The molecule has 0 radical (unpaired) electrons. The van der Waals surface area contributed by atoms with Crippen molar-refractivity contribution in [2.75, 3.05) is 13.1 Å². The summed E-state index contributed by atoms with van der Waals surface area (Å²) in [6.45, 7) is 11.1. The van der Waals surface area contributed by atoms with Crippen LogP contribution in [0, 0.1) is 11.3 Å². The van der Waals surface area contributed by atoms with E-state index >= 15 is 0 Å². The molecule has 0 aromatic carbocycles. The molecule has 0 aliphatic rings. The SMILES string of the molecule is CCCCC(CCC)C(=N)N(CCCC)CCCC.O=C(O)O. The summed E-state index contributed by atoms with van der Waals surface area (Å²) in [7, 11) is 0. The van der Waals surface area contributed by atoms with Crippen molar-refractivity contribution in [3.8, 4) is 0 Å². The smallest absolute Gasteiger partial charge is 0.450 e. The maximum absolute atomic E-state index is 8.57. The fourth-order valence-electron chi connectivity index (χ4n) is 2.53. The molecular weight excluding hydrogens is 292 g/mol. The van der Waals surface area contributed by atoms with Crippen molar-refractivity contribution in [2.45, 2.75) is 85.5 Å². The van der Waals surface area contributed by atoms with Crippen molar-refractivity contribution in [2.24, 2.45) is 5.92 Å². The molecule has 23 heavy (non-hydrogen) atoms. The van der Waals surface area contributed by atoms with Gasteiger partial charge in [-0.2, -0.15) is 0 Å². The van der Waals surface area contributed by atoms with Gasteiger partial charge in [-0.3, -0.25) is 5.41 Å². The number of carbonyl (C=O) groups is 1. The summed E-state index contributed by atoms with van der Waals surface area (Å²) in [6, 6.07) is 0. The number of unbranched alkanes of at least 4 members (excludes halogenated alkanes) is 3. The van der Waals surface area contributed by atoms with Gasteiger partial charge in [0.05, 0.1) is 5.84 Å². The molecule has 0 fully saturated rings. The topological polar surface area (TPSA) is 84.6 Å². The van der Waals surface area contributed by atoms with Crippen molar-refractivity contribution in [3.05, 3.63) is 0 Å². The van der Waals surface area contributed by atoms with Gasteiger partial charge in [-0.25, -0.2) is 4.79 Å². The van der Waals surface area contributed by atoms with Crippen LogP contribution in [-0.4, -0.2) is 40.2 Å². The number of nitrogens with one attached hydrogen (secondary N) is 1. The second kappa shape index (κ2) is 17.1. The average molecular weight is 331 g/mol. The molecule has 5 heteroatoms. The Morgan fingerprint density at radius 1 is 0.870 bits per heavy atom. The molecule has 0 amide bonds. The average Bonchev–Trinajstić information content (AvgIpc) is 2.50. The highest BCUT2D eigenvalue weighted by molar-refractivity contribution is 5.81. The highest BCUT2D eigenvalue weighted by atomic mass is 16.6. The molecule has 1 atom stereocenters. The third-order valence-corrected chi connectivity index (χ3v) is 3.83. The lowest BCUT2D eigenvalue weighted by molar-refractivity contribution is 0.137. The van der Waals surface area contributed by atoms with Crippen LogP contribution in [0.15, 0.2) is 0 Å². The van der Waals surface area contributed by atoms with Gasteiger partial charge in [-0.15, -0.1) is 0 Å². The van der Waals surface area contributed by atoms with E-state index in [1.165, 1.54) is 57.8 Å². The molecule has 0 heterocycles. The number of rotatable bonds is 12. The molecule has 0 aromatic rings. The molecule has 0 saturated carbocycles. The first kappa shape index (κ1) is 24.0. The van der Waals surface area contributed by atoms with Gasteiger partial charge in [-0.05, 0) is 25.7 Å². The second-order valence-electron chi connectivity index (χ2n) is 5.99. The summed E-state index contributed by atoms with van der Waals surface area (Å²) < 4.78 is 0. The molecule has 1 unspecified atom stereocenters. The second-order valence-corrected chi connectivity index (χ2v) is 5.99. The van der Waals surface area contributed by atoms with E-state index in [1.807, 2.05) is 0 Å². The molecule has 3 N–H and O–H groups in total. The van der Waals surface area contributed by atoms with Gasteiger partial charge in [0.15, 0.2) is 0 Å². The third kappa shape index (κ3) is 15.4. The Kier molecular flexibility index (Phi) is 17.8. The highest BCUT2D eigenvalue weighted by Crippen LogP contribution is 2.19. The van der Waals surface area contributed by atoms with Crippen LogP contribution in [0.25, 0.3) is 0 Å². The molecular formula is C18H38N2O3. The molecule has 0 aromatic heterocycles. The first-order valence-electron chi connectivity index (χ1n) is 9.19. The first-order valence-corrected chi connectivity index (χ1v) is 9.19. The van der Waals surface area contributed by atoms with Crippen molar-refractivity contribution in [1.29, 1.82) is 5.41 Å². The maximum Gasteiger partial charge on any atom is 0.503 e. The van der Waals surface area contributed by atoms with Gasteiger partial charge in [0.25, 0.3) is 0 Å². The van der Waals surface area contributed by atoms with E-state index in [-0.39, 0.29) is 0 Å². The Morgan fingerprint density at radius 2 is 1.30 bits per heavy atom. The summed E-state index contributed by atoms with van der Waals surface area (Å²) in [5.74, 6) is 1.43. The van der Waals surface area contributed by atoms with E-state index in [0.717, 1.165) is 18.9 Å². The van der Waals surface area contributed by atoms with E-state index < -0.39 is 6.16 Å². The molecule has 5 nitrogen and oxygen atoms in total. The Hall–Kier alpha value is -1.26. The predicted octanol–water partition coefficient (Wildman–Crippen LogP) is 5.69. The number of hydrogen-bond donors (Lipinski definition) is 3. The zero-order valence-corrected chi connectivity index (χ0v) is 15.6. The molecule has 0 spiro atoms. The summed E-state index contributed by atoms with van der Waals surface area (Å²) in [5, 5.41) is 22.5. The summed E-state index contributed by atoms with van der Waals surface area (Å²) in [4.78, 5) is 10.9. The van der Waals surface area contributed by atoms with E-state index in [1.54, 1.807) is 0 Å². The summed E-state index contributed by atoms with van der Waals surface area (Å²) >= 11 is 0. The van der Waals surface area contributed by atoms with Crippen LogP contribution in [0.1, 0.15) is 85.5 Å². The largest absolute Gasteiger partial charge is 0.503 e. The lowest BCUT2D eigenvalue weighted by Crippen LogP contribution is -2.37. The zero-order valence-electron chi connectivity index (χ0n) is 15.6. The van der Waals surface area contributed by atoms with Gasteiger partial charge < -0.3 is 15.1 Å². The van der Waals surface area contributed by atoms with Gasteiger partial charge >= 0.3 is 6.16 Å². The standard InChI is InChI=1S/C17H36N2.CH2O3/c1-5-9-13-16(12-8-4)17(18)19(14-10-6-2)15-11-7-3;2-1(3)4/h16,18H,5-15H2,1-4H3;(H2,2,3,4). The molecule has 0 bridgehead atoms. The zero-order chi connectivity index (χ0) is 18.1. The Balaban J connectivity index is 0. The normalized spacial score (nSPS) is 11.3. The first-order chi connectivity index (χ1) is 10.9. The van der Waals surface area contributed by atoms with E-state index in [9.17, 15) is 0 Å². The van der Waals surface area contributed by atoms with Crippen LogP contribution >= 0.6 is 0 Å². The third-order valence-electron chi connectivity index (χ3n) is 3.83. The van der Waals surface area contributed by atoms with E-state index in [2.05, 4.69) is 32.6 Å². The highest BCUT2D eigenvalue weighted by Gasteiger charge is 2.18. The lowest BCUT2D eigenvalue weighted by atomic mass is 9.94. The minimum Gasteiger partial charge on any atom is -0.450 e. The predicted molar refractivity (Wildman–Crippen MR) is 97.7 cm³/mol. The number of hydrogen-bond acceptors (Lipinski definition) is 2. The number of carboxylic acid groups (broad SMARTS) is 2. The van der Waals surface area contributed by atoms with E-state index in [0.29, 0.717) is 5.92 Å². The fraction of sp³-hybridized carbons (Fsp3) is 0.889. The van der Waals surface area contributed by atoms with Crippen LogP contribution in [0.2, 0.25) is 0 Å². The molecule has 0 aliphatic carbocycles. The van der Waals surface area contributed by atoms with Crippen LogP contribution < -0.4 is 0 Å². The van der Waals surface area contributed by atoms with Gasteiger partial charge in [-0.1, -0.05) is 59.8 Å². The van der Waals surface area contributed by atoms with Crippen LogP contribution in [0.3, 0.4) is 0 Å². The minimum absolute atomic E-state index is 0.499. The monoisotopic (exact) mass is 330 g/mol. The van der Waals surface area contributed by atoms with Crippen molar-refractivity contribution >= 4 is 12.0 Å². The van der Waals surface area contributed by atoms with Gasteiger partial charge in [0, 0.05) is 19.0 Å². The summed E-state index contributed by atoms with van der Waals surface area (Å²) in [5.41, 5.74) is 0. The Morgan fingerprint density at radius 3 is 1.65 bits per heavy atom. The quantitative estimate of drug-likeness (QED) is 0.317. The van der Waals surface area contributed by atoms with Crippen LogP contribution in [0.4, 0.5) is 4.79 Å². The van der Waals surface area contributed by atoms with E-state index in [4.69, 9.17) is 20.4 Å². The fourth-order valence-corrected chi connectivity index (χ4v) is 2.53. The minimum atomic E-state index is -1.83. The van der Waals surface area contributed by atoms with Gasteiger partial charge in [0.2, 0.25) is 0 Å². The van der Waals surface area contributed by atoms with Crippen LogP contribution in [-0.2, 0) is 0 Å². The summed E-state index contributed by atoms with van der Waals surface area (Å²) in [6.07, 6.45) is 9.17. The maximum atomic E-state index is 8.57. The number of nitrogens with zero attached hydrogens (tertiary/aromatic N) is 1. The molecule has 0 saturated heterocycles. The van der Waals surface area contributed by atoms with Gasteiger partial charge in [0.1, 0.15) is 0 Å². The Bertz CT molecular complexity index is 284. The van der Waals surface area contributed by atoms with Crippen molar-refractivity contribution in [1.82, 2.24) is 4.90 Å². The lowest BCUT2D eigenvalue weighted by Gasteiger charge is -2.30. The van der Waals surface area contributed by atoms with Crippen LogP contribution in [0.5, 0.6) is 0 Å². The Labute approximate surface area is 142 Å². The van der Waals surface area contributed by atoms with Crippen molar-refractivity contribution in [3.63, 3.8) is 0 Å². The van der Waals surface area contributed by atoms with Crippen molar-refractivity contribution < 1.29 is 15.0 Å². The molecule has 0 aliphatic heterocycles. The molecule has 0 rings (SSSR count).